The zero-order chi connectivity index (χ0) is 10.0. The molecule has 0 bridgehead atoms. The summed E-state index contributed by atoms with van der Waals surface area (Å²) in [4.78, 5) is 10.8. The first kappa shape index (κ1) is 10.3. The number of halogens is 2. The number of primary amides is 1. The van der Waals surface area contributed by atoms with Crippen LogP contribution in [0, 0.1) is 0 Å². The van der Waals surface area contributed by atoms with Crippen LogP contribution in [0.15, 0.2) is 18.2 Å². The van der Waals surface area contributed by atoms with E-state index in [1.165, 1.54) is 0 Å². The van der Waals surface area contributed by atoms with Crippen molar-refractivity contribution in [1.82, 2.24) is 0 Å². The molecule has 0 spiro atoms. The number of rotatable bonds is 2. The molecule has 1 aromatic rings. The predicted octanol–water partition coefficient (Wildman–Crippen LogP) is 1.48. The Morgan fingerprint density at radius 1 is 1.38 bits per heavy atom. The first-order valence-corrected chi connectivity index (χ1v) is 4.28. The van der Waals surface area contributed by atoms with Crippen LogP contribution in [0.4, 0.5) is 0 Å². The van der Waals surface area contributed by atoms with E-state index in [4.69, 9.17) is 34.7 Å². The average Bonchev–Trinajstić information content (AvgIpc) is 2.08. The number of hydrogen-bond acceptors (Lipinski definition) is 2. The molecule has 0 fully saturated rings. The number of hydrogen-bond donors (Lipinski definition) is 2. The summed E-state index contributed by atoms with van der Waals surface area (Å²) in [5, 5.41) is 0.631. The molecule has 0 saturated heterocycles. The number of amides is 1. The second kappa shape index (κ2) is 3.96. The van der Waals surface area contributed by atoms with E-state index in [0.29, 0.717) is 10.6 Å². The Hall–Kier alpha value is -0.770. The first-order chi connectivity index (χ1) is 6.04. The van der Waals surface area contributed by atoms with Crippen LogP contribution in [0.1, 0.15) is 11.6 Å². The summed E-state index contributed by atoms with van der Waals surface area (Å²) < 4.78 is 0. The molecule has 0 radical (unpaired) electrons. The van der Waals surface area contributed by atoms with Crippen molar-refractivity contribution < 1.29 is 4.79 Å². The van der Waals surface area contributed by atoms with Crippen molar-refractivity contribution in [2.75, 3.05) is 0 Å². The fraction of sp³-hybridized carbons (Fsp3) is 0.125. The average molecular weight is 219 g/mol. The Kier molecular flexibility index (Phi) is 3.14. The molecule has 0 aromatic heterocycles. The summed E-state index contributed by atoms with van der Waals surface area (Å²) in [5.74, 6) is -0.635. The summed E-state index contributed by atoms with van der Waals surface area (Å²) in [7, 11) is 0. The van der Waals surface area contributed by atoms with Crippen molar-refractivity contribution in [3.63, 3.8) is 0 Å². The normalized spacial score (nSPS) is 12.5. The van der Waals surface area contributed by atoms with Gasteiger partial charge in [-0.3, -0.25) is 4.79 Å². The number of benzene rings is 1. The predicted molar refractivity (Wildman–Crippen MR) is 52.6 cm³/mol. The Bertz CT molecular complexity index is 341. The fourth-order valence-electron chi connectivity index (χ4n) is 0.914. The highest BCUT2D eigenvalue weighted by Crippen LogP contribution is 2.28. The molecule has 0 aliphatic rings. The highest BCUT2D eigenvalue weighted by Gasteiger charge is 2.16. The SMILES string of the molecule is NC(=O)[C@H](N)c1cccc(Cl)c1Cl. The van der Waals surface area contributed by atoms with Crippen LogP contribution in [-0.2, 0) is 4.79 Å². The van der Waals surface area contributed by atoms with Gasteiger partial charge in [0, 0.05) is 0 Å². The van der Waals surface area contributed by atoms with Gasteiger partial charge in [0.05, 0.1) is 10.0 Å². The Balaban J connectivity index is 3.15. The lowest BCUT2D eigenvalue weighted by molar-refractivity contribution is -0.119. The maximum absolute atomic E-state index is 10.8. The standard InChI is InChI=1S/C8H8Cl2N2O/c9-5-3-1-2-4(6(5)10)7(11)8(12)13/h1-3,7H,11H2,(H2,12,13)/t7-/m1/s1. The van der Waals surface area contributed by atoms with Crippen molar-refractivity contribution in [2.24, 2.45) is 11.5 Å². The summed E-state index contributed by atoms with van der Waals surface area (Å²) in [6.45, 7) is 0. The summed E-state index contributed by atoms with van der Waals surface area (Å²) in [6, 6.07) is 3.98. The van der Waals surface area contributed by atoms with Crippen LogP contribution in [0.5, 0.6) is 0 Å². The van der Waals surface area contributed by atoms with Gasteiger partial charge in [0.1, 0.15) is 6.04 Å². The van der Waals surface area contributed by atoms with E-state index in [9.17, 15) is 4.79 Å². The molecule has 1 atom stereocenters. The van der Waals surface area contributed by atoms with E-state index in [-0.39, 0.29) is 5.02 Å². The van der Waals surface area contributed by atoms with Gasteiger partial charge in [-0.2, -0.15) is 0 Å². The summed E-state index contributed by atoms with van der Waals surface area (Å²) >= 11 is 11.5. The minimum atomic E-state index is -0.911. The van der Waals surface area contributed by atoms with Crippen LogP contribution in [0.3, 0.4) is 0 Å². The molecule has 5 heteroatoms. The van der Waals surface area contributed by atoms with E-state index in [1.807, 2.05) is 0 Å². The minimum absolute atomic E-state index is 0.274. The van der Waals surface area contributed by atoms with Crippen LogP contribution in [-0.4, -0.2) is 5.91 Å². The molecular weight excluding hydrogens is 211 g/mol. The molecule has 0 unspecified atom stereocenters. The van der Waals surface area contributed by atoms with E-state index in [0.717, 1.165) is 0 Å². The van der Waals surface area contributed by atoms with Crippen molar-refractivity contribution in [3.05, 3.63) is 33.8 Å². The maximum Gasteiger partial charge on any atom is 0.238 e. The fourth-order valence-corrected chi connectivity index (χ4v) is 1.34. The van der Waals surface area contributed by atoms with Gasteiger partial charge in [-0.25, -0.2) is 0 Å². The lowest BCUT2D eigenvalue weighted by atomic mass is 10.1. The smallest absolute Gasteiger partial charge is 0.238 e. The van der Waals surface area contributed by atoms with Gasteiger partial charge in [0.25, 0.3) is 0 Å². The van der Waals surface area contributed by atoms with Crippen molar-refractivity contribution in [1.29, 1.82) is 0 Å². The molecule has 70 valence electrons. The van der Waals surface area contributed by atoms with Gasteiger partial charge in [0.15, 0.2) is 0 Å². The molecular formula is C8H8Cl2N2O. The lowest BCUT2D eigenvalue weighted by Gasteiger charge is -2.10. The second-order valence-corrected chi connectivity index (χ2v) is 3.31. The van der Waals surface area contributed by atoms with Crippen molar-refractivity contribution >= 4 is 29.1 Å². The zero-order valence-corrected chi connectivity index (χ0v) is 8.14. The number of carbonyl (C=O) groups is 1. The molecule has 0 saturated carbocycles. The first-order valence-electron chi connectivity index (χ1n) is 3.53. The Morgan fingerprint density at radius 3 is 2.54 bits per heavy atom. The Labute approximate surface area is 85.6 Å². The second-order valence-electron chi connectivity index (χ2n) is 2.52. The highest BCUT2D eigenvalue weighted by atomic mass is 35.5. The lowest BCUT2D eigenvalue weighted by Crippen LogP contribution is -2.28. The maximum atomic E-state index is 10.8. The molecule has 3 nitrogen and oxygen atoms in total. The third-order valence-corrected chi connectivity index (χ3v) is 2.46. The summed E-state index contributed by atoms with van der Waals surface area (Å²) in [5.41, 5.74) is 11.0. The van der Waals surface area contributed by atoms with E-state index in [2.05, 4.69) is 0 Å². The molecule has 0 aliphatic carbocycles. The zero-order valence-electron chi connectivity index (χ0n) is 6.63. The van der Waals surface area contributed by atoms with E-state index < -0.39 is 11.9 Å². The monoisotopic (exact) mass is 218 g/mol. The topological polar surface area (TPSA) is 69.1 Å². The van der Waals surface area contributed by atoms with Crippen LogP contribution < -0.4 is 11.5 Å². The Morgan fingerprint density at radius 2 is 2.00 bits per heavy atom. The van der Waals surface area contributed by atoms with Crippen molar-refractivity contribution in [3.8, 4) is 0 Å². The largest absolute Gasteiger partial charge is 0.368 e. The van der Waals surface area contributed by atoms with Crippen LogP contribution in [0.2, 0.25) is 10.0 Å². The number of nitrogens with two attached hydrogens (primary N) is 2. The van der Waals surface area contributed by atoms with Gasteiger partial charge >= 0.3 is 0 Å². The van der Waals surface area contributed by atoms with Gasteiger partial charge in [-0.15, -0.1) is 0 Å². The third-order valence-electron chi connectivity index (χ3n) is 1.62. The molecule has 1 amide bonds. The van der Waals surface area contributed by atoms with Gasteiger partial charge in [-0.1, -0.05) is 35.3 Å². The highest BCUT2D eigenvalue weighted by molar-refractivity contribution is 6.42. The van der Waals surface area contributed by atoms with Crippen molar-refractivity contribution in [2.45, 2.75) is 6.04 Å². The molecule has 0 heterocycles. The van der Waals surface area contributed by atoms with Gasteiger partial charge in [-0.05, 0) is 11.6 Å². The van der Waals surface area contributed by atoms with E-state index >= 15 is 0 Å². The number of carbonyl (C=O) groups excluding carboxylic acids is 1. The minimum Gasteiger partial charge on any atom is -0.368 e. The quantitative estimate of drug-likeness (QED) is 0.790. The molecule has 13 heavy (non-hydrogen) atoms. The van der Waals surface area contributed by atoms with Crippen LogP contribution >= 0.6 is 23.2 Å². The van der Waals surface area contributed by atoms with Crippen LogP contribution in [0.25, 0.3) is 0 Å². The van der Waals surface area contributed by atoms with Gasteiger partial charge < -0.3 is 11.5 Å². The molecule has 1 rings (SSSR count). The molecule has 0 aliphatic heterocycles. The molecule has 4 N–H and O–H groups in total. The molecule has 1 aromatic carbocycles. The third kappa shape index (κ3) is 2.12. The summed E-state index contributed by atoms with van der Waals surface area (Å²) in [6.07, 6.45) is 0. The van der Waals surface area contributed by atoms with Gasteiger partial charge in [0.2, 0.25) is 5.91 Å². The van der Waals surface area contributed by atoms with E-state index in [1.54, 1.807) is 18.2 Å².